The van der Waals surface area contributed by atoms with E-state index in [1.54, 1.807) is 0 Å². The summed E-state index contributed by atoms with van der Waals surface area (Å²) in [5, 5.41) is 0. The third-order valence-corrected chi connectivity index (χ3v) is 4.42. The second-order valence-electron chi connectivity index (χ2n) is 7.09. The van der Waals surface area contributed by atoms with E-state index in [0.29, 0.717) is 10.8 Å². The van der Waals surface area contributed by atoms with E-state index in [1.165, 1.54) is 31.6 Å². The van der Waals surface area contributed by atoms with E-state index in [4.69, 9.17) is 0 Å². The Hall–Kier alpha value is -1.05. The van der Waals surface area contributed by atoms with Crippen molar-refractivity contribution in [2.75, 3.05) is 11.4 Å². The van der Waals surface area contributed by atoms with Gasteiger partial charge in [-0.15, -0.1) is 0 Å². The highest BCUT2D eigenvalue weighted by Crippen LogP contribution is 2.52. The molecule has 0 amide bonds. The van der Waals surface area contributed by atoms with E-state index in [1.807, 2.05) is 6.20 Å². The zero-order chi connectivity index (χ0) is 12.1. The van der Waals surface area contributed by atoms with Crippen LogP contribution < -0.4 is 9.88 Å². The maximum absolute atomic E-state index is 3.39. The molecule has 2 aliphatic rings. The van der Waals surface area contributed by atoms with Crippen LogP contribution in [0.2, 0.25) is 0 Å². The lowest BCUT2D eigenvalue weighted by Gasteiger charge is -2.37. The lowest BCUT2D eigenvalue weighted by Crippen LogP contribution is -2.36. The van der Waals surface area contributed by atoms with Gasteiger partial charge in [-0.3, -0.25) is 4.90 Å². The van der Waals surface area contributed by atoms with Crippen LogP contribution in [0.1, 0.15) is 40.0 Å². The first kappa shape index (κ1) is 11.1. The maximum Gasteiger partial charge on any atom is 0.274 e. The summed E-state index contributed by atoms with van der Waals surface area (Å²) in [6, 6.07) is 7.11. The van der Waals surface area contributed by atoms with E-state index in [2.05, 4.69) is 48.9 Å². The minimum Gasteiger partial charge on any atom is -0.259 e. The number of pyridine rings is 1. The number of fused-ring (bicyclic) bond motifs is 2. The summed E-state index contributed by atoms with van der Waals surface area (Å²) in [6.45, 7) is 8.52. The van der Waals surface area contributed by atoms with Gasteiger partial charge in [0.1, 0.15) is 0 Å². The molecular weight excluding hydrogens is 208 g/mol. The van der Waals surface area contributed by atoms with Crippen LogP contribution in [-0.4, -0.2) is 12.6 Å². The second-order valence-corrected chi connectivity index (χ2v) is 7.09. The van der Waals surface area contributed by atoms with Gasteiger partial charge in [-0.05, 0) is 30.7 Å². The molecule has 3 rings (SSSR count). The fourth-order valence-electron chi connectivity index (χ4n) is 4.30. The Bertz CT molecular complexity index is 412. The molecule has 1 aliphatic carbocycles. The van der Waals surface area contributed by atoms with Crippen molar-refractivity contribution in [2.45, 2.75) is 46.1 Å². The third kappa shape index (κ3) is 1.94. The first-order valence-corrected chi connectivity index (χ1v) is 6.71. The molecule has 1 saturated carbocycles. The lowest BCUT2D eigenvalue weighted by atomic mass is 9.65. The first-order chi connectivity index (χ1) is 7.98. The normalized spacial score (nSPS) is 35.0. The molecule has 0 unspecified atom stereocenters. The van der Waals surface area contributed by atoms with Crippen molar-refractivity contribution in [1.82, 2.24) is 0 Å². The molecule has 2 atom stereocenters. The number of aromatic amines is 1. The summed E-state index contributed by atoms with van der Waals surface area (Å²) in [5.41, 5.74) is 1.01. The van der Waals surface area contributed by atoms with Crippen molar-refractivity contribution in [3.8, 4) is 0 Å². The van der Waals surface area contributed by atoms with Crippen LogP contribution in [-0.2, 0) is 0 Å². The van der Waals surface area contributed by atoms with Gasteiger partial charge in [-0.25, -0.2) is 4.98 Å². The van der Waals surface area contributed by atoms with Crippen LogP contribution in [0, 0.1) is 10.8 Å². The van der Waals surface area contributed by atoms with E-state index in [9.17, 15) is 0 Å². The predicted octanol–water partition coefficient (Wildman–Crippen LogP) is 2.91. The molecule has 1 aromatic rings. The van der Waals surface area contributed by atoms with Gasteiger partial charge in [-0.1, -0.05) is 26.8 Å². The number of aromatic nitrogens is 1. The Morgan fingerprint density at radius 3 is 2.76 bits per heavy atom. The molecule has 0 aromatic carbocycles. The number of hydrogen-bond donors (Lipinski definition) is 0. The molecule has 1 saturated heterocycles. The molecular formula is C15H23N2+. The monoisotopic (exact) mass is 231 g/mol. The molecule has 0 spiro atoms. The van der Waals surface area contributed by atoms with Crippen LogP contribution >= 0.6 is 0 Å². The summed E-state index contributed by atoms with van der Waals surface area (Å²) in [7, 11) is 0. The molecule has 2 nitrogen and oxygen atoms in total. The summed E-state index contributed by atoms with van der Waals surface area (Å²) in [4.78, 5) is 5.99. The highest BCUT2D eigenvalue weighted by molar-refractivity contribution is 5.38. The van der Waals surface area contributed by atoms with Crippen molar-refractivity contribution in [3.63, 3.8) is 0 Å². The average Bonchev–Trinajstić information content (AvgIpc) is 2.49. The van der Waals surface area contributed by atoms with Gasteiger partial charge in [0.05, 0.1) is 18.8 Å². The highest BCUT2D eigenvalue weighted by Gasteiger charge is 2.53. The Morgan fingerprint density at radius 1 is 1.24 bits per heavy atom. The molecule has 92 valence electrons. The van der Waals surface area contributed by atoms with Gasteiger partial charge in [0, 0.05) is 11.5 Å². The Kier molecular flexibility index (Phi) is 2.26. The van der Waals surface area contributed by atoms with Gasteiger partial charge in [0.2, 0.25) is 0 Å². The Balaban J connectivity index is 1.91. The Morgan fingerprint density at radius 2 is 2.06 bits per heavy atom. The minimum atomic E-state index is 0.501. The average molecular weight is 231 g/mol. The first-order valence-electron chi connectivity index (χ1n) is 6.71. The van der Waals surface area contributed by atoms with Crippen molar-refractivity contribution < 1.29 is 4.98 Å². The molecule has 2 fully saturated rings. The molecule has 2 heterocycles. The topological polar surface area (TPSA) is 17.4 Å². The zero-order valence-electron chi connectivity index (χ0n) is 11.2. The van der Waals surface area contributed by atoms with Gasteiger partial charge in [0.15, 0.2) is 0 Å². The molecule has 0 radical (unpaired) electrons. The smallest absolute Gasteiger partial charge is 0.259 e. The quantitative estimate of drug-likeness (QED) is 0.726. The van der Waals surface area contributed by atoms with Gasteiger partial charge >= 0.3 is 0 Å². The molecule has 1 aromatic heterocycles. The molecule has 17 heavy (non-hydrogen) atoms. The Labute approximate surface area is 104 Å². The van der Waals surface area contributed by atoms with Crippen LogP contribution in [0.15, 0.2) is 24.4 Å². The fraction of sp³-hybridized carbons (Fsp3) is 0.667. The SMILES string of the molecule is CC1(C)C[C@H]2C[C@](C)(CN2c2cccc[nH+]2)C1. The fourth-order valence-corrected chi connectivity index (χ4v) is 4.30. The zero-order valence-corrected chi connectivity index (χ0v) is 11.2. The largest absolute Gasteiger partial charge is 0.274 e. The number of nitrogens with one attached hydrogen (secondary N) is 1. The number of anilines is 1. The second kappa shape index (κ2) is 3.47. The van der Waals surface area contributed by atoms with Crippen molar-refractivity contribution in [1.29, 1.82) is 0 Å². The predicted molar refractivity (Wildman–Crippen MR) is 69.9 cm³/mol. The van der Waals surface area contributed by atoms with Crippen LogP contribution in [0.5, 0.6) is 0 Å². The minimum absolute atomic E-state index is 0.501. The van der Waals surface area contributed by atoms with Gasteiger partial charge < -0.3 is 0 Å². The van der Waals surface area contributed by atoms with Crippen molar-refractivity contribution >= 4 is 5.82 Å². The van der Waals surface area contributed by atoms with E-state index in [0.717, 1.165) is 6.04 Å². The van der Waals surface area contributed by atoms with Gasteiger partial charge in [0.25, 0.3) is 5.82 Å². The molecule has 2 heteroatoms. The van der Waals surface area contributed by atoms with E-state index >= 15 is 0 Å². The number of H-pyrrole nitrogens is 1. The van der Waals surface area contributed by atoms with Crippen molar-refractivity contribution in [2.24, 2.45) is 10.8 Å². The van der Waals surface area contributed by atoms with Crippen LogP contribution in [0.25, 0.3) is 0 Å². The number of hydrogen-bond acceptors (Lipinski definition) is 1. The van der Waals surface area contributed by atoms with Gasteiger partial charge in [-0.2, -0.15) is 0 Å². The summed E-state index contributed by atoms with van der Waals surface area (Å²) in [6.07, 6.45) is 6.08. The number of rotatable bonds is 1. The standard InChI is InChI=1S/C15H22N2/c1-14(2)8-12-9-15(3,10-14)11-17(12)13-6-4-5-7-16-13/h4-7,12H,8-11H2,1-3H3/p+1/t12-,15-/m0/s1. The summed E-state index contributed by atoms with van der Waals surface area (Å²) < 4.78 is 0. The van der Waals surface area contributed by atoms with E-state index in [-0.39, 0.29) is 0 Å². The van der Waals surface area contributed by atoms with Crippen LogP contribution in [0.4, 0.5) is 5.82 Å². The summed E-state index contributed by atoms with van der Waals surface area (Å²) >= 11 is 0. The maximum atomic E-state index is 3.39. The molecule has 2 bridgehead atoms. The molecule has 1 aliphatic heterocycles. The summed E-state index contributed by atoms with van der Waals surface area (Å²) in [5.74, 6) is 1.29. The third-order valence-electron chi connectivity index (χ3n) is 4.42. The van der Waals surface area contributed by atoms with Crippen LogP contribution in [0.3, 0.4) is 0 Å². The van der Waals surface area contributed by atoms with E-state index < -0.39 is 0 Å². The highest BCUT2D eigenvalue weighted by atomic mass is 15.2. The number of nitrogens with zero attached hydrogens (tertiary/aromatic N) is 1. The molecule has 1 N–H and O–H groups in total. The lowest BCUT2D eigenvalue weighted by molar-refractivity contribution is -0.364. The van der Waals surface area contributed by atoms with Crippen molar-refractivity contribution in [3.05, 3.63) is 24.4 Å².